The van der Waals surface area contributed by atoms with E-state index in [1.165, 1.54) is 0 Å². The SMILES string of the molecule is COc1cccc(C2CCN(C(=O)c3ccn(C(C)(C)C)c3)C2)c1OC. The maximum absolute atomic E-state index is 12.9. The second-order valence-corrected chi connectivity index (χ2v) is 7.80. The summed E-state index contributed by atoms with van der Waals surface area (Å²) in [5.74, 6) is 1.86. The Bertz CT molecular complexity index is 789. The first-order valence-corrected chi connectivity index (χ1v) is 9.03. The Balaban J connectivity index is 1.77. The summed E-state index contributed by atoms with van der Waals surface area (Å²) in [5, 5.41) is 0. The third-order valence-corrected chi connectivity index (χ3v) is 5.06. The van der Waals surface area contributed by atoms with Gasteiger partial charge in [-0.2, -0.15) is 0 Å². The molecule has 5 nitrogen and oxygen atoms in total. The molecule has 0 aliphatic carbocycles. The fraction of sp³-hybridized carbons (Fsp3) is 0.476. The van der Waals surface area contributed by atoms with Crippen LogP contribution >= 0.6 is 0 Å². The molecule has 0 spiro atoms. The van der Waals surface area contributed by atoms with Gasteiger partial charge in [0.15, 0.2) is 11.5 Å². The van der Waals surface area contributed by atoms with Gasteiger partial charge in [0.1, 0.15) is 0 Å². The van der Waals surface area contributed by atoms with Crippen LogP contribution in [0.25, 0.3) is 0 Å². The average molecular weight is 356 g/mol. The molecule has 1 saturated heterocycles. The molecule has 1 aliphatic heterocycles. The Kier molecular flexibility index (Phi) is 4.99. The molecule has 3 rings (SSSR count). The van der Waals surface area contributed by atoms with Gasteiger partial charge in [0.25, 0.3) is 5.91 Å². The van der Waals surface area contributed by atoms with E-state index in [-0.39, 0.29) is 17.4 Å². The van der Waals surface area contributed by atoms with Crippen molar-refractivity contribution in [3.63, 3.8) is 0 Å². The van der Waals surface area contributed by atoms with Crippen LogP contribution < -0.4 is 9.47 Å². The zero-order valence-electron chi connectivity index (χ0n) is 16.3. The Labute approximate surface area is 155 Å². The molecule has 5 heteroatoms. The summed E-state index contributed by atoms with van der Waals surface area (Å²) in [6.45, 7) is 7.83. The highest BCUT2D eigenvalue weighted by atomic mass is 16.5. The number of hydrogen-bond donors (Lipinski definition) is 0. The lowest BCUT2D eigenvalue weighted by atomic mass is 9.97. The predicted molar refractivity (Wildman–Crippen MR) is 102 cm³/mol. The van der Waals surface area contributed by atoms with E-state index in [9.17, 15) is 4.79 Å². The molecule has 140 valence electrons. The molecular formula is C21H28N2O3. The topological polar surface area (TPSA) is 43.7 Å². The minimum atomic E-state index is -0.0277. The van der Waals surface area contributed by atoms with Crippen molar-refractivity contribution in [3.8, 4) is 11.5 Å². The van der Waals surface area contributed by atoms with E-state index in [0.717, 1.165) is 35.6 Å². The normalized spacial score (nSPS) is 17.4. The molecule has 0 saturated carbocycles. The molecule has 1 aromatic carbocycles. The van der Waals surface area contributed by atoms with Crippen molar-refractivity contribution in [2.75, 3.05) is 27.3 Å². The van der Waals surface area contributed by atoms with Crippen molar-refractivity contribution < 1.29 is 14.3 Å². The van der Waals surface area contributed by atoms with E-state index in [2.05, 4.69) is 31.4 Å². The third kappa shape index (κ3) is 3.43. The molecule has 1 amide bonds. The highest BCUT2D eigenvalue weighted by Crippen LogP contribution is 2.39. The van der Waals surface area contributed by atoms with E-state index in [0.29, 0.717) is 6.54 Å². The van der Waals surface area contributed by atoms with E-state index in [1.807, 2.05) is 35.5 Å². The Hall–Kier alpha value is -2.43. The maximum atomic E-state index is 12.9. The third-order valence-electron chi connectivity index (χ3n) is 5.06. The number of para-hydroxylation sites is 1. The molecule has 2 aromatic rings. The summed E-state index contributed by atoms with van der Waals surface area (Å²) >= 11 is 0. The van der Waals surface area contributed by atoms with Gasteiger partial charge in [-0.15, -0.1) is 0 Å². The highest BCUT2D eigenvalue weighted by Gasteiger charge is 2.31. The second kappa shape index (κ2) is 7.06. The summed E-state index contributed by atoms with van der Waals surface area (Å²) in [7, 11) is 3.31. The smallest absolute Gasteiger partial charge is 0.255 e. The van der Waals surface area contributed by atoms with Gasteiger partial charge < -0.3 is 18.9 Å². The lowest BCUT2D eigenvalue weighted by Gasteiger charge is -2.21. The molecule has 0 bridgehead atoms. The first-order valence-electron chi connectivity index (χ1n) is 9.03. The summed E-state index contributed by atoms with van der Waals surface area (Å²) < 4.78 is 13.1. The Morgan fingerprint density at radius 1 is 1.15 bits per heavy atom. The number of aromatic nitrogens is 1. The van der Waals surface area contributed by atoms with Crippen molar-refractivity contribution in [2.24, 2.45) is 0 Å². The Morgan fingerprint density at radius 2 is 1.92 bits per heavy atom. The quantitative estimate of drug-likeness (QED) is 0.835. The first-order chi connectivity index (χ1) is 12.3. The number of nitrogens with zero attached hydrogens (tertiary/aromatic N) is 2. The fourth-order valence-electron chi connectivity index (χ4n) is 3.55. The molecule has 1 aliphatic rings. The zero-order valence-corrected chi connectivity index (χ0v) is 16.3. The van der Waals surface area contributed by atoms with Gasteiger partial charge in [-0.1, -0.05) is 12.1 Å². The lowest BCUT2D eigenvalue weighted by Crippen LogP contribution is -2.28. The number of hydrogen-bond acceptors (Lipinski definition) is 3. The summed E-state index contributed by atoms with van der Waals surface area (Å²) in [6.07, 6.45) is 4.85. The number of likely N-dealkylation sites (tertiary alicyclic amines) is 1. The van der Waals surface area contributed by atoms with Gasteiger partial charge in [0.05, 0.1) is 19.8 Å². The molecule has 2 heterocycles. The molecule has 1 fully saturated rings. The van der Waals surface area contributed by atoms with Crippen LogP contribution in [0.3, 0.4) is 0 Å². The molecule has 1 atom stereocenters. The van der Waals surface area contributed by atoms with E-state index < -0.39 is 0 Å². The highest BCUT2D eigenvalue weighted by molar-refractivity contribution is 5.94. The van der Waals surface area contributed by atoms with Crippen molar-refractivity contribution in [2.45, 2.75) is 38.6 Å². The number of rotatable bonds is 4. The van der Waals surface area contributed by atoms with Crippen LogP contribution in [-0.4, -0.2) is 42.7 Å². The number of ether oxygens (including phenoxy) is 2. The Morgan fingerprint density at radius 3 is 2.54 bits per heavy atom. The minimum Gasteiger partial charge on any atom is -0.493 e. The van der Waals surface area contributed by atoms with Gasteiger partial charge in [-0.25, -0.2) is 0 Å². The van der Waals surface area contributed by atoms with Crippen molar-refractivity contribution in [1.29, 1.82) is 0 Å². The van der Waals surface area contributed by atoms with E-state index in [4.69, 9.17) is 9.47 Å². The number of carbonyl (C=O) groups excluding carboxylic acids is 1. The van der Waals surface area contributed by atoms with Gasteiger partial charge in [0.2, 0.25) is 0 Å². The first kappa shape index (κ1) is 18.4. The molecule has 26 heavy (non-hydrogen) atoms. The zero-order chi connectivity index (χ0) is 18.9. The lowest BCUT2D eigenvalue weighted by molar-refractivity contribution is 0.0790. The summed E-state index contributed by atoms with van der Waals surface area (Å²) in [4.78, 5) is 14.8. The molecular weight excluding hydrogens is 328 g/mol. The van der Waals surface area contributed by atoms with Crippen LogP contribution in [-0.2, 0) is 5.54 Å². The summed E-state index contributed by atoms with van der Waals surface area (Å²) in [6, 6.07) is 7.85. The monoisotopic (exact) mass is 356 g/mol. The van der Waals surface area contributed by atoms with Crippen molar-refractivity contribution in [1.82, 2.24) is 9.47 Å². The van der Waals surface area contributed by atoms with Crippen LogP contribution in [0.4, 0.5) is 0 Å². The van der Waals surface area contributed by atoms with Crippen molar-refractivity contribution in [3.05, 3.63) is 47.8 Å². The van der Waals surface area contributed by atoms with Crippen LogP contribution in [0.15, 0.2) is 36.7 Å². The minimum absolute atomic E-state index is 0.0277. The van der Waals surface area contributed by atoms with Crippen LogP contribution in [0.2, 0.25) is 0 Å². The number of methoxy groups -OCH3 is 2. The summed E-state index contributed by atoms with van der Waals surface area (Å²) in [5.41, 5.74) is 1.83. The van der Waals surface area contributed by atoms with Gasteiger partial charge in [-0.05, 0) is 39.3 Å². The number of benzene rings is 1. The molecule has 0 radical (unpaired) electrons. The van der Waals surface area contributed by atoms with Crippen LogP contribution in [0.1, 0.15) is 49.0 Å². The second-order valence-electron chi connectivity index (χ2n) is 7.80. The van der Waals surface area contributed by atoms with Gasteiger partial charge in [0, 0.05) is 42.5 Å². The standard InChI is InChI=1S/C21H28N2O3/c1-21(2,3)23-12-10-16(14-23)20(24)22-11-9-15(13-22)17-7-6-8-18(25-4)19(17)26-5/h6-8,10,12,14-15H,9,11,13H2,1-5H3. The van der Waals surface area contributed by atoms with E-state index >= 15 is 0 Å². The van der Waals surface area contributed by atoms with E-state index in [1.54, 1.807) is 14.2 Å². The number of carbonyl (C=O) groups is 1. The number of amides is 1. The van der Waals surface area contributed by atoms with Crippen LogP contribution in [0.5, 0.6) is 11.5 Å². The van der Waals surface area contributed by atoms with Crippen molar-refractivity contribution >= 4 is 5.91 Å². The van der Waals surface area contributed by atoms with Gasteiger partial charge >= 0.3 is 0 Å². The maximum Gasteiger partial charge on any atom is 0.255 e. The molecule has 1 unspecified atom stereocenters. The molecule has 1 aromatic heterocycles. The fourth-order valence-corrected chi connectivity index (χ4v) is 3.55. The van der Waals surface area contributed by atoms with Crippen LogP contribution in [0, 0.1) is 0 Å². The predicted octanol–water partition coefficient (Wildman–Crippen LogP) is 3.89. The van der Waals surface area contributed by atoms with Gasteiger partial charge in [-0.3, -0.25) is 4.79 Å². The average Bonchev–Trinajstić information content (AvgIpc) is 3.29. The molecule has 0 N–H and O–H groups in total. The largest absolute Gasteiger partial charge is 0.493 e.